The highest BCUT2D eigenvalue weighted by Crippen LogP contribution is 2.20. The van der Waals surface area contributed by atoms with Crippen LogP contribution in [0.15, 0.2) is 65.5 Å². The monoisotopic (exact) mass is 490 g/mol. The molecule has 0 spiro atoms. The van der Waals surface area contributed by atoms with Crippen molar-refractivity contribution in [3.8, 4) is 11.3 Å². The van der Waals surface area contributed by atoms with Gasteiger partial charge in [0.05, 0.1) is 12.2 Å². The van der Waals surface area contributed by atoms with E-state index in [0.717, 1.165) is 37.3 Å². The number of halogens is 3. The maximum Gasteiger partial charge on any atom is 0.271 e. The van der Waals surface area contributed by atoms with Gasteiger partial charge >= 0.3 is 0 Å². The third-order valence-corrected chi connectivity index (χ3v) is 5.49. The summed E-state index contributed by atoms with van der Waals surface area (Å²) in [6.45, 7) is 6.33. The second kappa shape index (κ2) is 12.7. The summed E-state index contributed by atoms with van der Waals surface area (Å²) in [4.78, 5) is 15.4. The first-order valence-electron chi connectivity index (χ1n) is 10.6. The first-order valence-corrected chi connectivity index (χ1v) is 10.6. The minimum Gasteiger partial charge on any atom is -0.314 e. The first kappa shape index (κ1) is 26.7. The van der Waals surface area contributed by atoms with Crippen molar-refractivity contribution in [2.45, 2.75) is 20.0 Å². The third-order valence-electron chi connectivity index (χ3n) is 5.49. The standard InChI is InChI=1S/C25H27FN4O.2ClH/c1-19-16-21(9-10-23(19)26)24-17-22(18-29-14-11-27-12-15-29)25(31)30(28-24)13-5-8-20-6-3-2-4-7-20;;/h2-10,16-17,27H,11-15,18H2,1H3;2*1H. The van der Waals surface area contributed by atoms with Gasteiger partial charge in [-0.15, -0.1) is 24.8 Å². The molecule has 0 amide bonds. The molecule has 33 heavy (non-hydrogen) atoms. The first-order chi connectivity index (χ1) is 15.1. The number of aryl methyl sites for hydroxylation is 1. The Balaban J connectivity index is 0.00000193. The highest BCUT2D eigenvalue weighted by molar-refractivity contribution is 5.85. The number of aromatic nitrogens is 2. The lowest BCUT2D eigenvalue weighted by molar-refractivity contribution is 0.231. The molecular formula is C25H29Cl2FN4O. The number of hydrogen-bond acceptors (Lipinski definition) is 4. The highest BCUT2D eigenvalue weighted by atomic mass is 35.5. The Kier molecular flexibility index (Phi) is 10.3. The molecule has 0 aliphatic carbocycles. The van der Waals surface area contributed by atoms with E-state index in [0.29, 0.717) is 29.9 Å². The smallest absolute Gasteiger partial charge is 0.271 e. The van der Waals surface area contributed by atoms with Crippen LogP contribution in [0.25, 0.3) is 17.3 Å². The van der Waals surface area contributed by atoms with Crippen LogP contribution in [0.2, 0.25) is 0 Å². The van der Waals surface area contributed by atoms with Gasteiger partial charge < -0.3 is 5.32 Å². The molecule has 3 aromatic rings. The van der Waals surface area contributed by atoms with Gasteiger partial charge in [-0.25, -0.2) is 9.07 Å². The number of nitrogens with one attached hydrogen (secondary N) is 1. The Bertz CT molecular complexity index is 1130. The van der Waals surface area contributed by atoms with Crippen molar-refractivity contribution in [1.82, 2.24) is 20.0 Å². The van der Waals surface area contributed by atoms with Crippen molar-refractivity contribution in [3.63, 3.8) is 0 Å². The van der Waals surface area contributed by atoms with Crippen LogP contribution < -0.4 is 10.9 Å². The molecule has 0 saturated carbocycles. The van der Waals surface area contributed by atoms with E-state index >= 15 is 0 Å². The van der Waals surface area contributed by atoms with Gasteiger partial charge in [0.15, 0.2) is 0 Å². The van der Waals surface area contributed by atoms with Crippen molar-refractivity contribution in [2.24, 2.45) is 0 Å². The second-order valence-electron chi connectivity index (χ2n) is 7.85. The van der Waals surface area contributed by atoms with E-state index < -0.39 is 0 Å². The van der Waals surface area contributed by atoms with Crippen LogP contribution in [0.1, 0.15) is 16.7 Å². The predicted molar refractivity (Wildman–Crippen MR) is 137 cm³/mol. The number of piperazine rings is 1. The zero-order chi connectivity index (χ0) is 21.6. The molecule has 1 N–H and O–H groups in total. The fourth-order valence-electron chi connectivity index (χ4n) is 3.74. The molecule has 1 aromatic heterocycles. The summed E-state index contributed by atoms with van der Waals surface area (Å²) >= 11 is 0. The molecule has 5 nitrogen and oxygen atoms in total. The van der Waals surface area contributed by atoms with Crippen LogP contribution in [0.4, 0.5) is 4.39 Å². The Morgan fingerprint density at radius 2 is 1.79 bits per heavy atom. The predicted octanol–water partition coefficient (Wildman–Crippen LogP) is 4.32. The lowest BCUT2D eigenvalue weighted by Gasteiger charge is -2.27. The maximum atomic E-state index is 13.8. The molecule has 0 radical (unpaired) electrons. The zero-order valence-electron chi connectivity index (χ0n) is 18.5. The molecule has 0 bridgehead atoms. The largest absolute Gasteiger partial charge is 0.314 e. The highest BCUT2D eigenvalue weighted by Gasteiger charge is 2.15. The molecule has 1 saturated heterocycles. The molecule has 2 aromatic carbocycles. The van der Waals surface area contributed by atoms with Gasteiger partial charge in [-0.2, -0.15) is 5.10 Å². The molecule has 176 valence electrons. The molecule has 1 fully saturated rings. The van der Waals surface area contributed by atoms with Crippen molar-refractivity contribution in [3.05, 3.63) is 93.5 Å². The molecule has 8 heteroatoms. The number of allylic oxidation sites excluding steroid dienone is 1. The SMILES string of the molecule is Cc1cc(-c2cc(CN3CCNCC3)c(=O)n(CC=Cc3ccccc3)n2)ccc1F.Cl.Cl. The van der Waals surface area contributed by atoms with Gasteiger partial charge in [0.1, 0.15) is 5.82 Å². The lowest BCUT2D eigenvalue weighted by atomic mass is 10.1. The molecule has 0 unspecified atom stereocenters. The molecular weight excluding hydrogens is 462 g/mol. The minimum atomic E-state index is -0.246. The Morgan fingerprint density at radius 3 is 2.48 bits per heavy atom. The third kappa shape index (κ3) is 6.98. The summed E-state index contributed by atoms with van der Waals surface area (Å²) in [6, 6.07) is 16.8. The molecule has 2 heterocycles. The molecule has 4 rings (SSSR count). The maximum absolute atomic E-state index is 13.8. The van der Waals surface area contributed by atoms with Gasteiger partial charge in [0, 0.05) is 43.9 Å². The normalized spacial score (nSPS) is 14.0. The van der Waals surface area contributed by atoms with Crippen molar-refractivity contribution in [2.75, 3.05) is 26.2 Å². The quantitative estimate of drug-likeness (QED) is 0.558. The summed E-state index contributed by atoms with van der Waals surface area (Å²) in [6.07, 6.45) is 3.93. The molecule has 1 aliphatic heterocycles. The van der Waals surface area contributed by atoms with Crippen molar-refractivity contribution >= 4 is 30.9 Å². The Labute approximate surface area is 206 Å². The van der Waals surface area contributed by atoms with Gasteiger partial charge in [-0.1, -0.05) is 42.5 Å². The Hall–Kier alpha value is -2.51. The summed E-state index contributed by atoms with van der Waals surface area (Å²) in [7, 11) is 0. The van der Waals surface area contributed by atoms with Crippen LogP contribution in [0.5, 0.6) is 0 Å². The topological polar surface area (TPSA) is 50.2 Å². The van der Waals surface area contributed by atoms with Gasteiger partial charge in [0.25, 0.3) is 5.56 Å². The number of rotatable bonds is 6. The fourth-order valence-corrected chi connectivity index (χ4v) is 3.74. The number of hydrogen-bond donors (Lipinski definition) is 1. The van der Waals surface area contributed by atoms with Crippen LogP contribution in [-0.2, 0) is 13.1 Å². The van der Waals surface area contributed by atoms with Gasteiger partial charge in [-0.3, -0.25) is 9.69 Å². The fraction of sp³-hybridized carbons (Fsp3) is 0.280. The van der Waals surface area contributed by atoms with Crippen molar-refractivity contribution < 1.29 is 4.39 Å². The van der Waals surface area contributed by atoms with E-state index in [1.165, 1.54) is 10.7 Å². The number of nitrogens with zero attached hydrogens (tertiary/aromatic N) is 3. The van der Waals surface area contributed by atoms with E-state index in [4.69, 9.17) is 0 Å². The lowest BCUT2D eigenvalue weighted by Crippen LogP contribution is -2.44. The summed E-state index contributed by atoms with van der Waals surface area (Å²) in [5, 5.41) is 7.93. The second-order valence-corrected chi connectivity index (χ2v) is 7.85. The van der Waals surface area contributed by atoms with E-state index in [1.807, 2.05) is 48.6 Å². The molecule has 1 aliphatic rings. The number of benzene rings is 2. The average molecular weight is 491 g/mol. The Morgan fingerprint density at radius 1 is 1.06 bits per heavy atom. The zero-order valence-corrected chi connectivity index (χ0v) is 20.2. The summed E-state index contributed by atoms with van der Waals surface area (Å²) < 4.78 is 15.3. The van der Waals surface area contributed by atoms with Gasteiger partial charge in [-0.05, 0) is 42.3 Å². The molecule has 0 atom stereocenters. The minimum absolute atomic E-state index is 0. The summed E-state index contributed by atoms with van der Waals surface area (Å²) in [5.74, 6) is -0.246. The average Bonchev–Trinajstić information content (AvgIpc) is 2.79. The van der Waals surface area contributed by atoms with Crippen molar-refractivity contribution in [1.29, 1.82) is 0 Å². The van der Waals surface area contributed by atoms with E-state index in [2.05, 4.69) is 15.3 Å². The van der Waals surface area contributed by atoms with Crippen LogP contribution in [0.3, 0.4) is 0 Å². The van der Waals surface area contributed by atoms with Crippen LogP contribution >= 0.6 is 24.8 Å². The van der Waals surface area contributed by atoms with E-state index in [-0.39, 0.29) is 36.2 Å². The van der Waals surface area contributed by atoms with Crippen LogP contribution in [-0.4, -0.2) is 40.9 Å². The summed E-state index contributed by atoms with van der Waals surface area (Å²) in [5.41, 5.74) is 3.74. The van der Waals surface area contributed by atoms with E-state index in [9.17, 15) is 9.18 Å². The van der Waals surface area contributed by atoms with E-state index in [1.54, 1.807) is 19.1 Å². The van der Waals surface area contributed by atoms with Gasteiger partial charge in [0.2, 0.25) is 0 Å². The van der Waals surface area contributed by atoms with Crippen LogP contribution in [0, 0.1) is 12.7 Å².